The second kappa shape index (κ2) is 7.97. The standard InChI is InChI=1S/C22H16FN5S2/c1-14-21(30-22(24-14)15-5-7-16(23)8-6-15)18-9-10-20(27-26-18)29-13-17-12-28-11-3-2-4-19(28)25-17/h2-12H,13H2,1H3. The first-order chi connectivity index (χ1) is 14.7. The summed E-state index contributed by atoms with van der Waals surface area (Å²) in [4.78, 5) is 10.2. The summed E-state index contributed by atoms with van der Waals surface area (Å²) in [5.41, 5.74) is 4.50. The van der Waals surface area contributed by atoms with Crippen LogP contribution < -0.4 is 0 Å². The zero-order valence-electron chi connectivity index (χ0n) is 16.0. The van der Waals surface area contributed by atoms with Crippen LogP contribution in [0.2, 0.25) is 0 Å². The molecular weight excluding hydrogens is 417 g/mol. The van der Waals surface area contributed by atoms with E-state index in [1.807, 2.05) is 54.0 Å². The molecule has 0 radical (unpaired) electrons. The summed E-state index contributed by atoms with van der Waals surface area (Å²) in [7, 11) is 0. The molecule has 0 saturated carbocycles. The highest BCUT2D eigenvalue weighted by Crippen LogP contribution is 2.34. The Balaban J connectivity index is 1.31. The van der Waals surface area contributed by atoms with Crippen molar-refractivity contribution < 1.29 is 4.39 Å². The van der Waals surface area contributed by atoms with E-state index in [0.717, 1.165) is 49.0 Å². The molecule has 0 amide bonds. The molecule has 0 aliphatic heterocycles. The molecule has 4 heterocycles. The molecule has 0 atom stereocenters. The highest BCUT2D eigenvalue weighted by Gasteiger charge is 2.13. The Morgan fingerprint density at radius 1 is 1.00 bits per heavy atom. The lowest BCUT2D eigenvalue weighted by molar-refractivity contribution is 0.628. The van der Waals surface area contributed by atoms with Gasteiger partial charge in [0, 0.05) is 23.7 Å². The number of hydrogen-bond acceptors (Lipinski definition) is 6. The molecule has 0 N–H and O–H groups in total. The maximum absolute atomic E-state index is 13.2. The number of rotatable bonds is 5. The molecule has 1 aromatic carbocycles. The number of hydrogen-bond donors (Lipinski definition) is 0. The number of fused-ring (bicyclic) bond motifs is 1. The molecule has 30 heavy (non-hydrogen) atoms. The number of thiazole rings is 1. The predicted octanol–water partition coefficient (Wildman–Crippen LogP) is 5.65. The minimum atomic E-state index is -0.255. The number of thioether (sulfide) groups is 1. The zero-order valence-corrected chi connectivity index (χ0v) is 17.6. The minimum absolute atomic E-state index is 0.255. The minimum Gasteiger partial charge on any atom is -0.307 e. The Labute approximate surface area is 180 Å². The van der Waals surface area contributed by atoms with Crippen molar-refractivity contribution in [3.8, 4) is 21.1 Å². The second-order valence-electron chi connectivity index (χ2n) is 6.68. The van der Waals surface area contributed by atoms with Crippen LogP contribution in [0.4, 0.5) is 4.39 Å². The van der Waals surface area contributed by atoms with Crippen molar-refractivity contribution in [2.45, 2.75) is 17.7 Å². The van der Waals surface area contributed by atoms with Crippen LogP contribution in [0.5, 0.6) is 0 Å². The van der Waals surface area contributed by atoms with Crippen molar-refractivity contribution in [3.63, 3.8) is 0 Å². The van der Waals surface area contributed by atoms with Gasteiger partial charge in [0.05, 0.1) is 16.3 Å². The molecule has 8 heteroatoms. The first-order valence-corrected chi connectivity index (χ1v) is 11.1. The largest absolute Gasteiger partial charge is 0.307 e. The van der Waals surface area contributed by atoms with Gasteiger partial charge in [-0.25, -0.2) is 14.4 Å². The van der Waals surface area contributed by atoms with Crippen LogP contribution in [0.25, 0.3) is 26.8 Å². The van der Waals surface area contributed by atoms with Crippen LogP contribution in [0.15, 0.2) is 72.0 Å². The third-order valence-corrected chi connectivity index (χ3v) is 6.72. The molecule has 0 aliphatic carbocycles. The van der Waals surface area contributed by atoms with Crippen LogP contribution in [-0.4, -0.2) is 24.6 Å². The smallest absolute Gasteiger partial charge is 0.137 e. The lowest BCUT2D eigenvalue weighted by Crippen LogP contribution is -1.90. The molecule has 0 fully saturated rings. The fourth-order valence-corrected chi connectivity index (χ4v) is 4.81. The summed E-state index contributed by atoms with van der Waals surface area (Å²) < 4.78 is 15.2. The second-order valence-corrected chi connectivity index (χ2v) is 8.68. The Kier molecular flexibility index (Phi) is 5.02. The van der Waals surface area contributed by atoms with Gasteiger partial charge in [0.15, 0.2) is 0 Å². The average Bonchev–Trinajstić information content (AvgIpc) is 3.36. The van der Waals surface area contributed by atoms with E-state index in [-0.39, 0.29) is 5.82 Å². The van der Waals surface area contributed by atoms with E-state index < -0.39 is 0 Å². The van der Waals surface area contributed by atoms with Crippen molar-refractivity contribution in [2.24, 2.45) is 0 Å². The maximum atomic E-state index is 13.2. The number of nitrogens with zero attached hydrogens (tertiary/aromatic N) is 5. The number of aryl methyl sites for hydroxylation is 1. The molecule has 0 spiro atoms. The van der Waals surface area contributed by atoms with Gasteiger partial charge >= 0.3 is 0 Å². The number of imidazole rings is 1. The van der Waals surface area contributed by atoms with E-state index in [2.05, 4.69) is 20.2 Å². The summed E-state index contributed by atoms with van der Waals surface area (Å²) in [6.45, 7) is 1.95. The first-order valence-electron chi connectivity index (χ1n) is 9.28. The Morgan fingerprint density at radius 3 is 2.63 bits per heavy atom. The molecular formula is C22H16FN5S2. The summed E-state index contributed by atoms with van der Waals surface area (Å²) in [5, 5.41) is 10.5. The van der Waals surface area contributed by atoms with Crippen LogP contribution >= 0.6 is 23.1 Å². The van der Waals surface area contributed by atoms with E-state index in [9.17, 15) is 4.39 Å². The molecule has 5 rings (SSSR count). The molecule has 0 saturated heterocycles. The van der Waals surface area contributed by atoms with Crippen molar-refractivity contribution in [2.75, 3.05) is 0 Å². The van der Waals surface area contributed by atoms with Gasteiger partial charge in [-0.1, -0.05) is 17.8 Å². The lowest BCUT2D eigenvalue weighted by Gasteiger charge is -2.00. The van der Waals surface area contributed by atoms with E-state index in [4.69, 9.17) is 0 Å². The van der Waals surface area contributed by atoms with Crippen molar-refractivity contribution in [1.29, 1.82) is 0 Å². The van der Waals surface area contributed by atoms with Gasteiger partial charge in [-0.3, -0.25) is 0 Å². The Hall–Kier alpha value is -3.10. The van der Waals surface area contributed by atoms with Crippen molar-refractivity contribution >= 4 is 28.7 Å². The molecule has 5 nitrogen and oxygen atoms in total. The van der Waals surface area contributed by atoms with Gasteiger partial charge in [-0.05, 0) is 55.5 Å². The molecule has 0 bridgehead atoms. The first kappa shape index (κ1) is 18.9. The fraction of sp³-hybridized carbons (Fsp3) is 0.0909. The molecule has 0 aliphatic rings. The van der Waals surface area contributed by atoms with E-state index in [0.29, 0.717) is 0 Å². The maximum Gasteiger partial charge on any atom is 0.137 e. The molecule has 4 aromatic heterocycles. The molecule has 148 valence electrons. The highest BCUT2D eigenvalue weighted by molar-refractivity contribution is 7.98. The third-order valence-electron chi connectivity index (χ3n) is 4.54. The van der Waals surface area contributed by atoms with Gasteiger partial charge in [-0.2, -0.15) is 0 Å². The number of benzene rings is 1. The van der Waals surface area contributed by atoms with Gasteiger partial charge in [0.2, 0.25) is 0 Å². The molecule has 5 aromatic rings. The summed E-state index contributed by atoms with van der Waals surface area (Å²) >= 11 is 3.14. The van der Waals surface area contributed by atoms with Crippen molar-refractivity contribution in [3.05, 3.63) is 84.2 Å². The Morgan fingerprint density at radius 2 is 1.87 bits per heavy atom. The van der Waals surface area contributed by atoms with Gasteiger partial charge in [0.1, 0.15) is 27.2 Å². The van der Waals surface area contributed by atoms with Crippen molar-refractivity contribution in [1.82, 2.24) is 24.6 Å². The summed E-state index contributed by atoms with van der Waals surface area (Å²) in [6, 6.07) is 16.3. The van der Waals surface area contributed by atoms with Gasteiger partial charge in [-0.15, -0.1) is 21.5 Å². The zero-order chi connectivity index (χ0) is 20.5. The summed E-state index contributed by atoms with van der Waals surface area (Å²) in [5.74, 6) is 0.471. The number of pyridine rings is 1. The van der Waals surface area contributed by atoms with Crippen LogP contribution in [0.3, 0.4) is 0 Å². The average molecular weight is 434 g/mol. The quantitative estimate of drug-likeness (QED) is 0.335. The monoisotopic (exact) mass is 433 g/mol. The van der Waals surface area contributed by atoms with Gasteiger partial charge in [0.25, 0.3) is 0 Å². The normalized spacial score (nSPS) is 11.3. The summed E-state index contributed by atoms with van der Waals surface area (Å²) in [6.07, 6.45) is 4.02. The lowest BCUT2D eigenvalue weighted by atomic mass is 10.2. The van der Waals surface area contributed by atoms with Crippen LogP contribution in [-0.2, 0) is 5.75 Å². The van der Waals surface area contributed by atoms with E-state index in [1.54, 1.807) is 23.9 Å². The molecule has 0 unspecified atom stereocenters. The predicted molar refractivity (Wildman–Crippen MR) is 118 cm³/mol. The van der Waals surface area contributed by atoms with E-state index in [1.165, 1.54) is 23.5 Å². The number of aromatic nitrogens is 5. The van der Waals surface area contributed by atoms with E-state index >= 15 is 0 Å². The van der Waals surface area contributed by atoms with Gasteiger partial charge < -0.3 is 4.40 Å². The third kappa shape index (κ3) is 3.83. The van der Waals surface area contributed by atoms with Crippen LogP contribution in [0.1, 0.15) is 11.4 Å². The SMILES string of the molecule is Cc1nc(-c2ccc(F)cc2)sc1-c1ccc(SCc2cn3ccccc3n2)nn1. The topological polar surface area (TPSA) is 56.0 Å². The fourth-order valence-electron chi connectivity index (χ4n) is 3.07. The van der Waals surface area contributed by atoms with Crippen LogP contribution in [0, 0.1) is 12.7 Å². The number of halogens is 1. The Bertz CT molecular complexity index is 1280. The highest BCUT2D eigenvalue weighted by atomic mass is 32.2.